The van der Waals surface area contributed by atoms with E-state index in [1.54, 1.807) is 18.4 Å². The molecular formula is C12H12FN3O2S. The monoisotopic (exact) mass is 281 g/mol. The molecule has 7 heteroatoms. The number of thioether (sulfide) groups is 1. The molecule has 0 amide bonds. The minimum Gasteiger partial charge on any atom is -0.477 e. The number of halogens is 1. The number of carboxylic acid groups (broad SMARTS) is 1. The number of benzene rings is 1. The largest absolute Gasteiger partial charge is 0.477 e. The lowest BCUT2D eigenvalue weighted by molar-refractivity contribution is 0.0694. The summed E-state index contributed by atoms with van der Waals surface area (Å²) in [5.74, 6) is -1.40. The SMILES string of the molecule is CSc1nn(Cc2cccc(F)c2)c(N)c1C(=O)O. The molecule has 0 spiro atoms. The quantitative estimate of drug-likeness (QED) is 0.838. The van der Waals surface area contributed by atoms with Gasteiger partial charge in [0.1, 0.15) is 22.2 Å². The Morgan fingerprint density at radius 1 is 1.58 bits per heavy atom. The summed E-state index contributed by atoms with van der Waals surface area (Å²) in [6.45, 7) is 0.227. The highest BCUT2D eigenvalue weighted by atomic mass is 32.2. The number of carboxylic acids is 1. The molecule has 1 aromatic heterocycles. The topological polar surface area (TPSA) is 81.1 Å². The van der Waals surface area contributed by atoms with Crippen molar-refractivity contribution in [2.45, 2.75) is 11.6 Å². The number of nitrogens with two attached hydrogens (primary N) is 1. The van der Waals surface area contributed by atoms with E-state index in [-0.39, 0.29) is 23.7 Å². The van der Waals surface area contributed by atoms with Crippen LogP contribution in [0.5, 0.6) is 0 Å². The van der Waals surface area contributed by atoms with Gasteiger partial charge in [-0.2, -0.15) is 5.10 Å². The first-order valence-corrected chi connectivity index (χ1v) is 6.63. The fraction of sp³-hybridized carbons (Fsp3) is 0.167. The van der Waals surface area contributed by atoms with Gasteiger partial charge in [0.05, 0.1) is 6.54 Å². The Bertz CT molecular complexity index is 627. The third-order valence-electron chi connectivity index (χ3n) is 2.59. The van der Waals surface area contributed by atoms with Crippen LogP contribution in [0.2, 0.25) is 0 Å². The maximum atomic E-state index is 13.1. The van der Waals surface area contributed by atoms with E-state index >= 15 is 0 Å². The van der Waals surface area contributed by atoms with Crippen LogP contribution in [0.15, 0.2) is 29.3 Å². The number of aromatic carboxylic acids is 1. The van der Waals surface area contributed by atoms with Gasteiger partial charge in [-0.1, -0.05) is 12.1 Å². The van der Waals surface area contributed by atoms with Crippen LogP contribution in [0.4, 0.5) is 10.2 Å². The van der Waals surface area contributed by atoms with Crippen LogP contribution in [-0.2, 0) is 6.54 Å². The summed E-state index contributed by atoms with van der Waals surface area (Å²) in [7, 11) is 0. The second kappa shape index (κ2) is 5.31. The first-order chi connectivity index (χ1) is 9.02. The molecule has 5 nitrogen and oxygen atoms in total. The second-order valence-corrected chi connectivity index (χ2v) is 4.66. The molecule has 0 radical (unpaired) electrons. The molecule has 1 heterocycles. The number of hydrogen-bond acceptors (Lipinski definition) is 4. The summed E-state index contributed by atoms with van der Waals surface area (Å²) in [6, 6.07) is 6.01. The summed E-state index contributed by atoms with van der Waals surface area (Å²) in [4.78, 5) is 11.1. The lowest BCUT2D eigenvalue weighted by atomic mass is 10.2. The van der Waals surface area contributed by atoms with Crippen molar-refractivity contribution in [3.05, 3.63) is 41.2 Å². The van der Waals surface area contributed by atoms with Gasteiger partial charge in [-0.3, -0.25) is 0 Å². The van der Waals surface area contributed by atoms with Gasteiger partial charge >= 0.3 is 5.97 Å². The molecule has 0 aliphatic rings. The highest BCUT2D eigenvalue weighted by Crippen LogP contribution is 2.25. The van der Waals surface area contributed by atoms with Crippen molar-refractivity contribution in [1.29, 1.82) is 0 Å². The van der Waals surface area contributed by atoms with Crippen molar-refractivity contribution in [2.75, 3.05) is 12.0 Å². The first-order valence-electron chi connectivity index (χ1n) is 5.41. The van der Waals surface area contributed by atoms with Crippen molar-refractivity contribution in [1.82, 2.24) is 9.78 Å². The van der Waals surface area contributed by atoms with Crippen molar-refractivity contribution in [3.8, 4) is 0 Å². The van der Waals surface area contributed by atoms with Gasteiger partial charge in [-0.05, 0) is 24.0 Å². The van der Waals surface area contributed by atoms with Crippen LogP contribution in [0.1, 0.15) is 15.9 Å². The predicted molar refractivity (Wildman–Crippen MR) is 70.9 cm³/mol. The van der Waals surface area contributed by atoms with E-state index in [0.717, 1.165) is 0 Å². The Morgan fingerprint density at radius 2 is 2.32 bits per heavy atom. The highest BCUT2D eigenvalue weighted by molar-refractivity contribution is 7.98. The smallest absolute Gasteiger partial charge is 0.342 e. The van der Waals surface area contributed by atoms with Crippen LogP contribution in [-0.4, -0.2) is 27.1 Å². The molecule has 0 fully saturated rings. The van der Waals surface area contributed by atoms with Gasteiger partial charge in [-0.15, -0.1) is 11.8 Å². The van der Waals surface area contributed by atoms with Crippen molar-refractivity contribution in [3.63, 3.8) is 0 Å². The van der Waals surface area contributed by atoms with Crippen molar-refractivity contribution < 1.29 is 14.3 Å². The summed E-state index contributed by atoms with van der Waals surface area (Å²) in [6.07, 6.45) is 1.72. The Balaban J connectivity index is 2.38. The van der Waals surface area contributed by atoms with E-state index in [1.807, 2.05) is 0 Å². The van der Waals surface area contributed by atoms with E-state index in [2.05, 4.69) is 5.10 Å². The summed E-state index contributed by atoms with van der Waals surface area (Å²) < 4.78 is 14.5. The highest BCUT2D eigenvalue weighted by Gasteiger charge is 2.21. The summed E-state index contributed by atoms with van der Waals surface area (Å²) in [5, 5.41) is 13.6. The molecule has 3 N–H and O–H groups in total. The lowest BCUT2D eigenvalue weighted by Crippen LogP contribution is -2.08. The van der Waals surface area contributed by atoms with Crippen LogP contribution >= 0.6 is 11.8 Å². The molecule has 2 rings (SSSR count). The van der Waals surface area contributed by atoms with Gasteiger partial charge < -0.3 is 10.8 Å². The van der Waals surface area contributed by atoms with Gasteiger partial charge in [0.15, 0.2) is 0 Å². The zero-order valence-corrected chi connectivity index (χ0v) is 10.9. The molecule has 0 saturated heterocycles. The average Bonchev–Trinajstić information content (AvgIpc) is 2.66. The number of aromatic nitrogens is 2. The van der Waals surface area contributed by atoms with E-state index in [1.165, 1.54) is 28.6 Å². The third-order valence-corrected chi connectivity index (χ3v) is 3.26. The van der Waals surface area contributed by atoms with Crippen molar-refractivity contribution in [2.24, 2.45) is 0 Å². The number of carbonyl (C=O) groups is 1. The van der Waals surface area contributed by atoms with E-state index in [4.69, 9.17) is 10.8 Å². The zero-order chi connectivity index (χ0) is 14.0. The van der Waals surface area contributed by atoms with Crippen LogP contribution < -0.4 is 5.73 Å². The lowest BCUT2D eigenvalue weighted by Gasteiger charge is -2.04. The molecule has 0 bridgehead atoms. The van der Waals surface area contributed by atoms with Gasteiger partial charge in [-0.25, -0.2) is 13.9 Å². The van der Waals surface area contributed by atoms with Crippen LogP contribution in [0.25, 0.3) is 0 Å². The predicted octanol–water partition coefficient (Wildman–Crippen LogP) is 2.07. The number of rotatable bonds is 4. The van der Waals surface area contributed by atoms with E-state index in [9.17, 15) is 9.18 Å². The fourth-order valence-electron chi connectivity index (χ4n) is 1.72. The second-order valence-electron chi connectivity index (χ2n) is 3.86. The molecule has 0 aliphatic carbocycles. The van der Waals surface area contributed by atoms with Crippen LogP contribution in [0.3, 0.4) is 0 Å². The molecule has 0 saturated carbocycles. The van der Waals surface area contributed by atoms with Gasteiger partial charge in [0, 0.05) is 0 Å². The molecule has 0 aliphatic heterocycles. The minimum atomic E-state index is -1.12. The first kappa shape index (κ1) is 13.4. The molecule has 19 heavy (non-hydrogen) atoms. The van der Waals surface area contributed by atoms with Gasteiger partial charge in [0.25, 0.3) is 0 Å². The maximum Gasteiger partial charge on any atom is 0.342 e. The Kier molecular flexibility index (Phi) is 3.75. The van der Waals surface area contributed by atoms with E-state index < -0.39 is 5.97 Å². The number of hydrogen-bond donors (Lipinski definition) is 2. The van der Waals surface area contributed by atoms with E-state index in [0.29, 0.717) is 10.6 Å². The molecule has 2 aromatic rings. The standard InChI is InChI=1S/C12H12FN3O2S/c1-19-11-9(12(17)18)10(14)16(15-11)6-7-3-2-4-8(13)5-7/h2-5H,6,14H2,1H3,(H,17,18). The minimum absolute atomic E-state index is 0.0103. The molecule has 100 valence electrons. The number of nitrogen functional groups attached to an aromatic ring is 1. The van der Waals surface area contributed by atoms with Crippen molar-refractivity contribution >= 4 is 23.5 Å². The summed E-state index contributed by atoms with van der Waals surface area (Å²) >= 11 is 1.21. The number of nitrogens with zero attached hydrogens (tertiary/aromatic N) is 2. The fourth-order valence-corrected chi connectivity index (χ4v) is 2.30. The molecule has 1 aromatic carbocycles. The zero-order valence-electron chi connectivity index (χ0n) is 10.1. The van der Waals surface area contributed by atoms with Gasteiger partial charge in [0.2, 0.25) is 0 Å². The van der Waals surface area contributed by atoms with Crippen LogP contribution in [0, 0.1) is 5.82 Å². The molecular weight excluding hydrogens is 269 g/mol. The third kappa shape index (κ3) is 2.70. The molecule has 0 unspecified atom stereocenters. The Morgan fingerprint density at radius 3 is 2.84 bits per heavy atom. The average molecular weight is 281 g/mol. The normalized spacial score (nSPS) is 10.6. The Hall–Kier alpha value is -2.02. The maximum absolute atomic E-state index is 13.1. The Labute approximate surface area is 113 Å². The molecule has 0 atom stereocenters. The summed E-state index contributed by atoms with van der Waals surface area (Å²) in [5.41, 5.74) is 6.43. The number of anilines is 1.